The monoisotopic (exact) mass is 223 g/mol. The van der Waals surface area contributed by atoms with E-state index < -0.39 is 0 Å². The second-order valence-corrected chi connectivity index (χ2v) is 3.58. The summed E-state index contributed by atoms with van der Waals surface area (Å²) in [5.41, 5.74) is 1.71. The molecule has 0 amide bonds. The third kappa shape index (κ3) is 2.30. The van der Waals surface area contributed by atoms with Gasteiger partial charge in [-0.2, -0.15) is 15.6 Å². The molecule has 1 heterocycles. The Morgan fingerprint density at radius 3 is 2.88 bits per heavy atom. The zero-order valence-electron chi connectivity index (χ0n) is 9.25. The highest BCUT2D eigenvalue weighted by atomic mass is 15.2. The van der Waals surface area contributed by atoms with Crippen LogP contribution in [0.15, 0.2) is 29.4 Å². The van der Waals surface area contributed by atoms with Gasteiger partial charge in [0.25, 0.3) is 0 Å². The maximum Gasteiger partial charge on any atom is 0.213 e. The predicted molar refractivity (Wildman–Crippen MR) is 63.1 cm³/mol. The van der Waals surface area contributed by atoms with E-state index in [0.29, 0.717) is 6.54 Å². The number of aryl methyl sites for hydroxylation is 1. The Morgan fingerprint density at radius 1 is 1.41 bits per heavy atom. The van der Waals surface area contributed by atoms with Crippen molar-refractivity contribution < 1.29 is 0 Å². The van der Waals surface area contributed by atoms with Crippen LogP contribution in [-0.4, -0.2) is 15.5 Å². The number of fused-ring (bicyclic) bond motifs is 1. The number of nitrogens with zero attached hydrogens (tertiary/aromatic N) is 5. The van der Waals surface area contributed by atoms with E-state index in [4.69, 9.17) is 10.5 Å². The maximum atomic E-state index is 8.56. The van der Waals surface area contributed by atoms with Crippen molar-refractivity contribution in [2.75, 3.05) is 0 Å². The average molecular weight is 223 g/mol. The molecule has 0 fully saturated rings. The van der Waals surface area contributed by atoms with E-state index in [2.05, 4.69) is 10.1 Å². The number of nitriles is 2. The summed E-state index contributed by atoms with van der Waals surface area (Å²) < 4.78 is 1.74. The molecule has 0 atom stereocenters. The van der Waals surface area contributed by atoms with Crippen LogP contribution in [-0.2, 0) is 13.6 Å². The first kappa shape index (κ1) is 10.8. The number of rotatable bonds is 2. The lowest BCUT2D eigenvalue weighted by Crippen LogP contribution is -1.90. The first-order valence-corrected chi connectivity index (χ1v) is 5.00. The van der Waals surface area contributed by atoms with Gasteiger partial charge in [0.15, 0.2) is 0 Å². The highest BCUT2D eigenvalue weighted by Crippen LogP contribution is 2.14. The normalized spacial score (nSPS) is 9.59. The SMILES string of the molecule is Cn1cc2ccc(CN=C(C#N)C#N)cc2n1. The van der Waals surface area contributed by atoms with Gasteiger partial charge < -0.3 is 0 Å². The maximum absolute atomic E-state index is 8.56. The van der Waals surface area contributed by atoms with Gasteiger partial charge in [-0.25, -0.2) is 0 Å². The van der Waals surface area contributed by atoms with Crippen LogP contribution in [0.2, 0.25) is 0 Å². The standard InChI is InChI=1S/C12H9N5/c1-17-8-10-3-2-9(4-12(10)16-17)7-15-11(5-13)6-14/h2-4,8H,7H2,1H3. The summed E-state index contributed by atoms with van der Waals surface area (Å²) in [6.07, 6.45) is 1.93. The van der Waals surface area contributed by atoms with Crippen LogP contribution < -0.4 is 0 Å². The molecular weight excluding hydrogens is 214 g/mol. The van der Waals surface area contributed by atoms with Crippen LogP contribution in [0.3, 0.4) is 0 Å². The van der Waals surface area contributed by atoms with Gasteiger partial charge in [0.05, 0.1) is 12.1 Å². The zero-order valence-corrected chi connectivity index (χ0v) is 9.25. The van der Waals surface area contributed by atoms with Crippen molar-refractivity contribution in [1.29, 1.82) is 10.5 Å². The molecule has 0 saturated heterocycles. The third-order valence-electron chi connectivity index (χ3n) is 2.32. The molecule has 5 heteroatoms. The van der Waals surface area contributed by atoms with Crippen molar-refractivity contribution in [2.45, 2.75) is 6.54 Å². The molecule has 17 heavy (non-hydrogen) atoms. The molecule has 0 spiro atoms. The molecule has 0 aliphatic rings. The average Bonchev–Trinajstić information content (AvgIpc) is 2.69. The minimum Gasteiger partial charge on any atom is -0.275 e. The van der Waals surface area contributed by atoms with Crippen molar-refractivity contribution in [1.82, 2.24) is 9.78 Å². The second-order valence-electron chi connectivity index (χ2n) is 3.58. The number of hydrogen-bond acceptors (Lipinski definition) is 4. The molecule has 5 nitrogen and oxygen atoms in total. The summed E-state index contributed by atoms with van der Waals surface area (Å²) in [5, 5.41) is 22.5. The molecule has 0 aliphatic carbocycles. The topological polar surface area (TPSA) is 77.8 Å². The van der Waals surface area contributed by atoms with Gasteiger partial charge in [0, 0.05) is 18.6 Å². The number of aliphatic imine (C=N–C) groups is 1. The molecule has 2 aromatic rings. The fourth-order valence-electron chi connectivity index (χ4n) is 1.55. The molecule has 82 valence electrons. The van der Waals surface area contributed by atoms with Gasteiger partial charge in [-0.1, -0.05) is 12.1 Å². The molecule has 0 radical (unpaired) electrons. The first-order chi connectivity index (χ1) is 8.22. The van der Waals surface area contributed by atoms with E-state index >= 15 is 0 Å². The van der Waals surface area contributed by atoms with Crippen molar-refractivity contribution >= 4 is 16.6 Å². The second kappa shape index (κ2) is 4.46. The lowest BCUT2D eigenvalue weighted by molar-refractivity contribution is 0.779. The Hall–Kier alpha value is -2.66. The van der Waals surface area contributed by atoms with Gasteiger partial charge in [-0.15, -0.1) is 0 Å². The summed E-state index contributed by atoms with van der Waals surface area (Å²) in [7, 11) is 1.86. The van der Waals surface area contributed by atoms with E-state index in [1.807, 2.05) is 31.4 Å². The van der Waals surface area contributed by atoms with Gasteiger partial charge >= 0.3 is 0 Å². The summed E-state index contributed by atoms with van der Waals surface area (Å²) >= 11 is 0. The van der Waals surface area contributed by atoms with Crippen molar-refractivity contribution in [2.24, 2.45) is 12.0 Å². The smallest absolute Gasteiger partial charge is 0.213 e. The molecule has 0 saturated carbocycles. The molecule has 1 aromatic heterocycles. The van der Waals surface area contributed by atoms with Crippen LogP contribution in [0.4, 0.5) is 0 Å². The summed E-state index contributed by atoms with van der Waals surface area (Å²) in [5.74, 6) is 0. The van der Waals surface area contributed by atoms with Gasteiger partial charge in [0.2, 0.25) is 5.71 Å². The van der Waals surface area contributed by atoms with E-state index in [-0.39, 0.29) is 5.71 Å². The van der Waals surface area contributed by atoms with Gasteiger partial charge in [-0.05, 0) is 11.6 Å². The Kier molecular flexibility index (Phi) is 2.85. The predicted octanol–water partition coefficient (Wildman–Crippen LogP) is 1.56. The molecule has 2 rings (SSSR count). The van der Waals surface area contributed by atoms with Crippen LogP contribution in [0.25, 0.3) is 10.9 Å². The first-order valence-electron chi connectivity index (χ1n) is 5.00. The van der Waals surface area contributed by atoms with Crippen molar-refractivity contribution in [3.63, 3.8) is 0 Å². The van der Waals surface area contributed by atoms with Gasteiger partial charge in [0.1, 0.15) is 12.1 Å². The minimum absolute atomic E-state index is 0.105. The molecule has 1 aromatic carbocycles. The molecule has 0 bridgehead atoms. The number of hydrogen-bond donors (Lipinski definition) is 0. The summed E-state index contributed by atoms with van der Waals surface area (Å²) in [6.45, 7) is 0.322. The third-order valence-corrected chi connectivity index (χ3v) is 2.32. The largest absolute Gasteiger partial charge is 0.275 e. The Morgan fingerprint density at radius 2 is 2.18 bits per heavy atom. The van der Waals surface area contributed by atoms with Crippen molar-refractivity contribution in [3.8, 4) is 12.1 Å². The fraction of sp³-hybridized carbons (Fsp3) is 0.167. The number of aromatic nitrogens is 2. The highest BCUT2D eigenvalue weighted by molar-refractivity contribution is 6.10. The zero-order chi connectivity index (χ0) is 12.3. The van der Waals surface area contributed by atoms with E-state index in [1.54, 1.807) is 16.8 Å². The molecule has 0 N–H and O–H groups in total. The van der Waals surface area contributed by atoms with E-state index in [1.165, 1.54) is 0 Å². The van der Waals surface area contributed by atoms with Crippen molar-refractivity contribution in [3.05, 3.63) is 30.0 Å². The molecule has 0 aliphatic heterocycles. The quantitative estimate of drug-likeness (QED) is 0.725. The Labute approximate surface area is 98.2 Å². The molecule has 0 unspecified atom stereocenters. The van der Waals surface area contributed by atoms with Crippen LogP contribution in [0.5, 0.6) is 0 Å². The van der Waals surface area contributed by atoms with Gasteiger partial charge in [-0.3, -0.25) is 9.67 Å². The number of benzene rings is 1. The molecular formula is C12H9N5. The lowest BCUT2D eigenvalue weighted by atomic mass is 10.2. The minimum atomic E-state index is -0.105. The summed E-state index contributed by atoms with van der Waals surface area (Å²) in [4.78, 5) is 3.90. The van der Waals surface area contributed by atoms with E-state index in [9.17, 15) is 0 Å². The lowest BCUT2D eigenvalue weighted by Gasteiger charge is -1.95. The Balaban J connectivity index is 2.29. The highest BCUT2D eigenvalue weighted by Gasteiger charge is 2.00. The van der Waals surface area contributed by atoms with E-state index in [0.717, 1.165) is 16.5 Å². The fourth-order valence-corrected chi connectivity index (χ4v) is 1.55. The Bertz CT molecular complexity index is 650. The summed E-state index contributed by atoms with van der Waals surface area (Å²) in [6, 6.07) is 9.24. The van der Waals surface area contributed by atoms with Crippen LogP contribution in [0.1, 0.15) is 5.56 Å². The van der Waals surface area contributed by atoms with Crippen LogP contribution in [0, 0.1) is 22.7 Å². The van der Waals surface area contributed by atoms with Crippen LogP contribution >= 0.6 is 0 Å².